The summed E-state index contributed by atoms with van der Waals surface area (Å²) in [4.78, 5) is 37.2. The molecular weight excluding hydrogens is 444 g/mol. The van der Waals surface area contributed by atoms with Gasteiger partial charge in [0.25, 0.3) is 0 Å². The number of nitrogens with one attached hydrogen (secondary N) is 1. The normalized spacial score (nSPS) is 14.1. The van der Waals surface area contributed by atoms with Gasteiger partial charge < -0.3 is 20.1 Å². The first-order valence-corrected chi connectivity index (χ1v) is 12.3. The van der Waals surface area contributed by atoms with E-state index in [-0.39, 0.29) is 30.8 Å². The van der Waals surface area contributed by atoms with Crippen molar-refractivity contribution >= 4 is 18.0 Å². The first kappa shape index (κ1) is 26.3. The maximum Gasteiger partial charge on any atom is 0.407 e. The van der Waals surface area contributed by atoms with Crippen LogP contribution in [-0.2, 0) is 14.3 Å². The summed E-state index contributed by atoms with van der Waals surface area (Å²) in [6, 6.07) is 15.6. The van der Waals surface area contributed by atoms with Gasteiger partial charge >= 0.3 is 12.1 Å². The molecule has 7 nitrogen and oxygen atoms in total. The number of nitrogens with zero attached hydrogens (tertiary/aromatic N) is 1. The lowest BCUT2D eigenvalue weighted by Crippen LogP contribution is -2.40. The molecule has 2 N–H and O–H groups in total. The predicted octanol–water partition coefficient (Wildman–Crippen LogP) is 4.90. The van der Waals surface area contributed by atoms with Gasteiger partial charge in [0.05, 0.1) is 0 Å². The number of carboxylic acids is 1. The Bertz CT molecular complexity index is 1010. The first-order chi connectivity index (χ1) is 16.7. The zero-order chi connectivity index (χ0) is 25.5. The smallest absolute Gasteiger partial charge is 0.407 e. The highest BCUT2D eigenvalue weighted by Crippen LogP contribution is 2.44. The van der Waals surface area contributed by atoms with Gasteiger partial charge in [0.15, 0.2) is 0 Å². The van der Waals surface area contributed by atoms with Gasteiger partial charge in [-0.15, -0.1) is 0 Å². The highest BCUT2D eigenvalue weighted by Gasteiger charge is 2.29. The summed E-state index contributed by atoms with van der Waals surface area (Å²) in [5, 5.41) is 11.9. The lowest BCUT2D eigenvalue weighted by Gasteiger charge is -2.24. The Morgan fingerprint density at radius 1 is 0.971 bits per heavy atom. The number of rotatable bonds is 11. The second-order valence-electron chi connectivity index (χ2n) is 9.60. The Morgan fingerprint density at radius 3 is 2.09 bits per heavy atom. The summed E-state index contributed by atoms with van der Waals surface area (Å²) >= 11 is 0. The fraction of sp³-hybridized carbons (Fsp3) is 0.464. The quantitative estimate of drug-likeness (QED) is 0.477. The number of likely N-dealkylation sites (N-methyl/N-ethyl adjacent to an activating group) is 1. The van der Waals surface area contributed by atoms with E-state index < -0.39 is 18.1 Å². The number of alkyl carbamates (subject to hydrolysis) is 1. The van der Waals surface area contributed by atoms with E-state index in [1.807, 2.05) is 24.3 Å². The maximum atomic E-state index is 12.4. The Balaban J connectivity index is 1.46. The van der Waals surface area contributed by atoms with Gasteiger partial charge in [-0.1, -0.05) is 62.4 Å². The molecule has 2 amide bonds. The van der Waals surface area contributed by atoms with Gasteiger partial charge in [-0.05, 0) is 53.9 Å². The number of fused-ring (bicyclic) bond motifs is 3. The van der Waals surface area contributed by atoms with Crippen LogP contribution in [-0.4, -0.2) is 54.2 Å². The van der Waals surface area contributed by atoms with Crippen LogP contribution >= 0.6 is 0 Å². The number of hydrogen-bond donors (Lipinski definition) is 2. The number of carbonyl (C=O) groups excluding carboxylic acids is 2. The molecule has 2 aromatic rings. The number of benzene rings is 2. The van der Waals surface area contributed by atoms with Crippen LogP contribution in [0.15, 0.2) is 48.5 Å². The number of hydrogen-bond acceptors (Lipinski definition) is 4. The highest BCUT2D eigenvalue weighted by molar-refractivity contribution is 5.83. The van der Waals surface area contributed by atoms with Crippen LogP contribution < -0.4 is 5.32 Å². The zero-order valence-electron chi connectivity index (χ0n) is 21.0. The second kappa shape index (κ2) is 11.9. The van der Waals surface area contributed by atoms with Crippen molar-refractivity contribution in [1.29, 1.82) is 0 Å². The second-order valence-corrected chi connectivity index (χ2v) is 9.60. The van der Waals surface area contributed by atoms with Crippen LogP contribution in [0.2, 0.25) is 0 Å². The van der Waals surface area contributed by atoms with E-state index >= 15 is 0 Å². The summed E-state index contributed by atoms with van der Waals surface area (Å²) in [5.74, 6) is -0.632. The van der Waals surface area contributed by atoms with Crippen molar-refractivity contribution in [1.82, 2.24) is 10.2 Å². The summed E-state index contributed by atoms with van der Waals surface area (Å²) in [7, 11) is 1.52. The molecule has 1 aliphatic rings. The van der Waals surface area contributed by atoms with E-state index in [1.54, 1.807) is 0 Å². The molecule has 35 heavy (non-hydrogen) atoms. The Hall–Kier alpha value is -3.35. The molecule has 0 spiro atoms. The Kier molecular flexibility index (Phi) is 8.90. The van der Waals surface area contributed by atoms with E-state index in [2.05, 4.69) is 43.4 Å². The van der Waals surface area contributed by atoms with Crippen molar-refractivity contribution < 1.29 is 24.2 Å². The van der Waals surface area contributed by atoms with Gasteiger partial charge in [-0.25, -0.2) is 9.59 Å². The maximum absolute atomic E-state index is 12.4. The molecule has 0 radical (unpaired) electrons. The molecule has 0 heterocycles. The van der Waals surface area contributed by atoms with E-state index in [0.717, 1.165) is 0 Å². The fourth-order valence-electron chi connectivity index (χ4n) is 4.69. The summed E-state index contributed by atoms with van der Waals surface area (Å²) in [5.41, 5.74) is 4.73. The lowest BCUT2D eigenvalue weighted by atomic mass is 9.88. The minimum atomic E-state index is -1.02. The van der Waals surface area contributed by atoms with Crippen molar-refractivity contribution in [3.63, 3.8) is 0 Å². The number of ether oxygens (including phenoxy) is 1. The first-order valence-electron chi connectivity index (χ1n) is 12.3. The molecular formula is C28H36N2O5. The average molecular weight is 481 g/mol. The standard InChI is InChI=1S/C28H36N2O5/c1-18(2)20(13-14-26(31)30(4)19(3)27(32)33)15-16-29-28(34)35-17-25-23-11-7-5-9-21(23)22-10-6-8-12-24(22)25/h5-12,18-20,25H,13-17H2,1-4H3,(H,29,34)(H,32,33)/t19-,20?/m0/s1. The third-order valence-electron chi connectivity index (χ3n) is 7.13. The fourth-order valence-corrected chi connectivity index (χ4v) is 4.69. The Morgan fingerprint density at radius 2 is 1.54 bits per heavy atom. The molecule has 0 aliphatic heterocycles. The summed E-state index contributed by atoms with van der Waals surface area (Å²) in [6.07, 6.45) is 1.19. The zero-order valence-corrected chi connectivity index (χ0v) is 21.0. The summed E-state index contributed by atoms with van der Waals surface area (Å²) < 4.78 is 5.59. The predicted molar refractivity (Wildman–Crippen MR) is 135 cm³/mol. The monoisotopic (exact) mass is 480 g/mol. The molecule has 188 valence electrons. The van der Waals surface area contributed by atoms with Crippen molar-refractivity contribution in [2.75, 3.05) is 20.2 Å². The van der Waals surface area contributed by atoms with Crippen molar-refractivity contribution in [3.05, 3.63) is 59.7 Å². The van der Waals surface area contributed by atoms with Gasteiger partial charge in [-0.2, -0.15) is 0 Å². The van der Waals surface area contributed by atoms with Gasteiger partial charge in [-0.3, -0.25) is 4.79 Å². The van der Waals surface area contributed by atoms with E-state index in [1.165, 1.54) is 41.1 Å². The minimum absolute atomic E-state index is 0.0211. The topological polar surface area (TPSA) is 95.9 Å². The van der Waals surface area contributed by atoms with Crippen molar-refractivity contribution in [2.45, 2.75) is 52.0 Å². The van der Waals surface area contributed by atoms with Crippen LogP contribution in [0.25, 0.3) is 11.1 Å². The molecule has 0 aromatic heterocycles. The Labute approximate surface area is 207 Å². The van der Waals surface area contributed by atoms with Crippen molar-refractivity contribution in [2.24, 2.45) is 11.8 Å². The molecule has 0 fully saturated rings. The molecule has 3 rings (SSSR count). The van der Waals surface area contributed by atoms with E-state index in [4.69, 9.17) is 9.84 Å². The lowest BCUT2D eigenvalue weighted by molar-refractivity contribution is -0.148. The molecule has 2 atom stereocenters. The summed E-state index contributed by atoms with van der Waals surface area (Å²) in [6.45, 7) is 6.40. The van der Waals surface area contributed by atoms with Gasteiger partial charge in [0.1, 0.15) is 12.6 Å². The largest absolute Gasteiger partial charge is 0.480 e. The van der Waals surface area contributed by atoms with Crippen LogP contribution in [0.4, 0.5) is 4.79 Å². The molecule has 1 unspecified atom stereocenters. The molecule has 0 saturated heterocycles. The number of carboxylic acid groups (broad SMARTS) is 1. The SMILES string of the molecule is CC(C)C(CCNC(=O)OCC1c2ccccc2-c2ccccc21)CCC(=O)N(C)[C@@H](C)C(=O)O. The minimum Gasteiger partial charge on any atom is -0.480 e. The molecule has 2 aromatic carbocycles. The number of aliphatic carboxylic acids is 1. The van der Waals surface area contributed by atoms with Crippen LogP contribution in [0.5, 0.6) is 0 Å². The van der Waals surface area contributed by atoms with Gasteiger partial charge in [0.2, 0.25) is 5.91 Å². The third-order valence-corrected chi connectivity index (χ3v) is 7.13. The van der Waals surface area contributed by atoms with Crippen LogP contribution in [0.3, 0.4) is 0 Å². The molecule has 0 bridgehead atoms. The van der Waals surface area contributed by atoms with E-state index in [0.29, 0.717) is 25.3 Å². The third kappa shape index (κ3) is 6.41. The van der Waals surface area contributed by atoms with Gasteiger partial charge in [0, 0.05) is 25.9 Å². The van der Waals surface area contributed by atoms with Crippen LogP contribution in [0, 0.1) is 11.8 Å². The molecule has 1 aliphatic carbocycles. The highest BCUT2D eigenvalue weighted by atomic mass is 16.5. The number of amides is 2. The van der Waals surface area contributed by atoms with Crippen molar-refractivity contribution in [3.8, 4) is 11.1 Å². The van der Waals surface area contributed by atoms with Crippen LogP contribution in [0.1, 0.15) is 57.1 Å². The molecule has 0 saturated carbocycles. The number of carbonyl (C=O) groups is 3. The van der Waals surface area contributed by atoms with E-state index in [9.17, 15) is 14.4 Å². The molecule has 7 heteroatoms. The average Bonchev–Trinajstić information content (AvgIpc) is 3.17.